The number of benzene rings is 4. The van der Waals surface area contributed by atoms with Gasteiger partial charge in [0.1, 0.15) is 22.8 Å². The summed E-state index contributed by atoms with van der Waals surface area (Å²) in [6.45, 7) is 5.80. The highest BCUT2D eigenvalue weighted by molar-refractivity contribution is 8.05. The summed E-state index contributed by atoms with van der Waals surface area (Å²) in [6, 6.07) is 25.0. The normalized spacial score (nSPS) is 18.1. The molecule has 5 aromatic rings. The summed E-state index contributed by atoms with van der Waals surface area (Å²) in [5.41, 5.74) is 2.06. The monoisotopic (exact) mass is 681 g/mol. The molecule has 10 heteroatoms. The number of carbonyl (C=O) groups excluding carboxylic acids is 1. The highest BCUT2D eigenvalue weighted by Gasteiger charge is 2.39. The number of hydrogen-bond acceptors (Lipinski definition) is 9. The number of aryl methyl sites for hydroxylation is 1. The van der Waals surface area contributed by atoms with Gasteiger partial charge < -0.3 is 28.7 Å². The first kappa shape index (κ1) is 32.3. The zero-order valence-electron chi connectivity index (χ0n) is 27.2. The van der Waals surface area contributed by atoms with Crippen molar-refractivity contribution in [3.05, 3.63) is 100 Å². The Morgan fingerprint density at radius 1 is 0.875 bits per heavy atom. The smallest absolute Gasteiger partial charge is 0.360 e. The van der Waals surface area contributed by atoms with E-state index in [0.29, 0.717) is 40.0 Å². The molecule has 7 rings (SSSR count). The molecular formula is C38H35NO7S2. The molecule has 2 atom stereocenters. The van der Waals surface area contributed by atoms with E-state index in [-0.39, 0.29) is 11.8 Å². The number of nitrogens with one attached hydrogen (secondary N) is 1. The maximum atomic E-state index is 13.6. The molecule has 8 nitrogen and oxygen atoms in total. The van der Waals surface area contributed by atoms with Crippen LogP contribution in [0.5, 0.6) is 11.5 Å². The van der Waals surface area contributed by atoms with Gasteiger partial charge in [-0.15, -0.1) is 0 Å². The van der Waals surface area contributed by atoms with Crippen molar-refractivity contribution in [3.8, 4) is 22.6 Å². The predicted octanol–water partition coefficient (Wildman–Crippen LogP) is 8.95. The quantitative estimate of drug-likeness (QED) is 0.166. The van der Waals surface area contributed by atoms with Crippen LogP contribution in [0.15, 0.2) is 108 Å². The molecule has 2 aliphatic heterocycles. The van der Waals surface area contributed by atoms with Gasteiger partial charge in [-0.3, -0.25) is 4.79 Å². The minimum atomic E-state index is -0.660. The number of anilines is 1. The molecule has 2 unspecified atom stereocenters. The fraction of sp³-hybridized carbons (Fsp3) is 0.263. The zero-order valence-corrected chi connectivity index (χ0v) is 28.9. The van der Waals surface area contributed by atoms with Crippen molar-refractivity contribution in [2.24, 2.45) is 0 Å². The van der Waals surface area contributed by atoms with Gasteiger partial charge in [0.2, 0.25) is 6.29 Å². The molecule has 1 amide bonds. The third-order valence-electron chi connectivity index (χ3n) is 8.78. The Bertz CT molecular complexity index is 2110. The summed E-state index contributed by atoms with van der Waals surface area (Å²) in [7, 11) is 3.30. The summed E-state index contributed by atoms with van der Waals surface area (Å²) in [6.07, 6.45) is 0.983. The number of amides is 1. The summed E-state index contributed by atoms with van der Waals surface area (Å²) < 4.78 is 29.4. The van der Waals surface area contributed by atoms with Crippen molar-refractivity contribution < 1.29 is 28.2 Å². The molecule has 1 fully saturated rings. The number of methoxy groups -OCH3 is 2. The molecule has 246 valence electrons. The highest BCUT2D eigenvalue weighted by Crippen LogP contribution is 2.52. The second-order valence-corrected chi connectivity index (χ2v) is 14.4. The molecule has 0 bridgehead atoms. The first-order valence-corrected chi connectivity index (χ1v) is 17.3. The van der Waals surface area contributed by atoms with Crippen LogP contribution in [-0.4, -0.2) is 38.1 Å². The van der Waals surface area contributed by atoms with Gasteiger partial charge in [-0.1, -0.05) is 47.8 Å². The molecule has 4 aromatic carbocycles. The van der Waals surface area contributed by atoms with Crippen molar-refractivity contribution >= 4 is 46.1 Å². The van der Waals surface area contributed by atoms with Gasteiger partial charge in [0.15, 0.2) is 0 Å². The predicted molar refractivity (Wildman–Crippen MR) is 188 cm³/mol. The van der Waals surface area contributed by atoms with Gasteiger partial charge in [-0.05, 0) is 81.8 Å². The van der Waals surface area contributed by atoms with Gasteiger partial charge in [-0.25, -0.2) is 4.79 Å². The average Bonchev–Trinajstić information content (AvgIpc) is 3.08. The maximum Gasteiger partial charge on any atom is 0.360 e. The first-order valence-electron chi connectivity index (χ1n) is 15.7. The largest absolute Gasteiger partial charge is 0.496 e. The van der Waals surface area contributed by atoms with Crippen LogP contribution in [-0.2, 0) is 9.47 Å². The lowest BCUT2D eigenvalue weighted by atomic mass is 9.94. The lowest BCUT2D eigenvalue weighted by Crippen LogP contribution is -2.49. The van der Waals surface area contributed by atoms with Crippen molar-refractivity contribution in [1.29, 1.82) is 0 Å². The lowest BCUT2D eigenvalue weighted by molar-refractivity contribution is -0.233. The summed E-state index contributed by atoms with van der Waals surface area (Å²) in [5.74, 6) is 0.766. The van der Waals surface area contributed by atoms with E-state index in [4.69, 9.17) is 23.4 Å². The minimum Gasteiger partial charge on any atom is -0.496 e. The highest BCUT2D eigenvalue weighted by atomic mass is 32.2. The second kappa shape index (κ2) is 13.0. The van der Waals surface area contributed by atoms with E-state index in [9.17, 15) is 9.59 Å². The van der Waals surface area contributed by atoms with E-state index in [1.807, 2.05) is 51.1 Å². The molecule has 2 aliphatic rings. The van der Waals surface area contributed by atoms with Crippen LogP contribution in [0.25, 0.3) is 22.1 Å². The van der Waals surface area contributed by atoms with Crippen LogP contribution in [0.4, 0.5) is 5.69 Å². The zero-order chi connectivity index (χ0) is 33.6. The van der Waals surface area contributed by atoms with Crippen LogP contribution < -0.4 is 20.4 Å². The number of carbonyl (C=O) groups is 1. The van der Waals surface area contributed by atoms with E-state index in [0.717, 1.165) is 27.3 Å². The Labute approximate surface area is 287 Å². The molecule has 0 aliphatic carbocycles. The van der Waals surface area contributed by atoms with E-state index >= 15 is 0 Å². The topological polar surface area (TPSA) is 96.2 Å². The molecule has 0 spiro atoms. The van der Waals surface area contributed by atoms with Gasteiger partial charge in [0.25, 0.3) is 5.91 Å². The third-order valence-corrected chi connectivity index (χ3v) is 11.4. The van der Waals surface area contributed by atoms with Crippen LogP contribution in [0.2, 0.25) is 0 Å². The summed E-state index contributed by atoms with van der Waals surface area (Å²) >= 11 is 3.43. The average molecular weight is 682 g/mol. The summed E-state index contributed by atoms with van der Waals surface area (Å²) in [4.78, 5) is 31.4. The molecule has 1 saturated heterocycles. The lowest BCUT2D eigenvalue weighted by Gasteiger charge is -2.41. The van der Waals surface area contributed by atoms with Crippen LogP contribution in [0, 0.1) is 6.92 Å². The SMILES string of the molecule is COc1ccc(C(=O)Nc2cc3ccc(OC4CCC(OC)C(C)(C)O4)c(C)c3oc2=O)cc1-c1cccc2c1Sc1ccccc1S2. The molecule has 0 radical (unpaired) electrons. The Morgan fingerprint density at radius 2 is 1.62 bits per heavy atom. The first-order chi connectivity index (χ1) is 23.1. The van der Waals surface area contributed by atoms with Crippen LogP contribution in [0.1, 0.15) is 42.6 Å². The fourth-order valence-corrected chi connectivity index (χ4v) is 8.66. The molecule has 0 saturated carbocycles. The number of fused-ring (bicyclic) bond motifs is 3. The number of rotatable bonds is 7. The fourth-order valence-electron chi connectivity index (χ4n) is 6.27. The van der Waals surface area contributed by atoms with Crippen molar-refractivity contribution in [1.82, 2.24) is 0 Å². The van der Waals surface area contributed by atoms with E-state index < -0.39 is 23.4 Å². The molecule has 1 N–H and O–H groups in total. The van der Waals surface area contributed by atoms with E-state index in [1.165, 1.54) is 9.79 Å². The van der Waals surface area contributed by atoms with Crippen LogP contribution >= 0.6 is 23.5 Å². The maximum absolute atomic E-state index is 13.6. The minimum absolute atomic E-state index is 0.0221. The molecule has 48 heavy (non-hydrogen) atoms. The van der Waals surface area contributed by atoms with E-state index in [2.05, 4.69) is 23.5 Å². The number of ether oxygens (including phenoxy) is 4. The summed E-state index contributed by atoms with van der Waals surface area (Å²) in [5, 5.41) is 3.42. The standard InChI is InChI=1S/C38H35NO7S2/c1-21-27(44-33-18-17-32(43-5)38(2,3)46-33)15-13-22-20-26(37(41)45-34(21)22)39-36(40)23-14-16-28(42-4)25(19-23)24-9-8-12-31-35(24)48-30-11-7-6-10-29(30)47-31/h6-16,19-20,32-33H,17-18H2,1-5H3,(H,39,40). The number of hydrogen-bond donors (Lipinski definition) is 1. The Morgan fingerprint density at radius 3 is 2.38 bits per heavy atom. The van der Waals surface area contributed by atoms with Gasteiger partial charge in [0, 0.05) is 60.8 Å². The van der Waals surface area contributed by atoms with Gasteiger partial charge in [0.05, 0.1) is 18.8 Å². The Kier molecular flexibility index (Phi) is 8.76. The van der Waals surface area contributed by atoms with Crippen molar-refractivity contribution in [2.75, 3.05) is 19.5 Å². The van der Waals surface area contributed by atoms with E-state index in [1.54, 1.807) is 68.1 Å². The molecule has 3 heterocycles. The Hall–Kier alpha value is -4.22. The second-order valence-electron chi connectivity index (χ2n) is 12.3. The molecular weight excluding hydrogens is 647 g/mol. The van der Waals surface area contributed by atoms with Gasteiger partial charge >= 0.3 is 5.63 Å². The van der Waals surface area contributed by atoms with Crippen molar-refractivity contribution in [2.45, 2.75) is 71.2 Å². The van der Waals surface area contributed by atoms with Crippen molar-refractivity contribution in [3.63, 3.8) is 0 Å². The van der Waals surface area contributed by atoms with Gasteiger partial charge in [-0.2, -0.15) is 0 Å². The Balaban J connectivity index is 1.14. The third kappa shape index (κ3) is 6.09. The van der Waals surface area contributed by atoms with Crippen LogP contribution in [0.3, 0.4) is 0 Å². The molecule has 1 aromatic heterocycles.